The molecular weight excluding hydrogens is 142 g/mol. The van der Waals surface area contributed by atoms with Crippen LogP contribution in [0.1, 0.15) is 16.1 Å². The number of likely N-dealkylation sites (N-methyl/N-ethyl adjacent to an activating group) is 1. The van der Waals surface area contributed by atoms with E-state index < -0.39 is 0 Å². The van der Waals surface area contributed by atoms with E-state index >= 15 is 0 Å². The predicted octanol–water partition coefficient (Wildman–Crippen LogP) is 0.990. The van der Waals surface area contributed by atoms with Gasteiger partial charge < -0.3 is 9.73 Å². The van der Waals surface area contributed by atoms with E-state index in [-0.39, 0.29) is 5.78 Å². The largest absolute Gasteiger partial charge is 0.461 e. The average molecular weight is 153 g/mol. The molecule has 3 nitrogen and oxygen atoms in total. The number of nitrogens with one attached hydrogen (secondary N) is 1. The van der Waals surface area contributed by atoms with Gasteiger partial charge in [0, 0.05) is 0 Å². The highest BCUT2D eigenvalue weighted by molar-refractivity contribution is 5.95. The summed E-state index contributed by atoms with van der Waals surface area (Å²) in [4.78, 5) is 11.1. The van der Waals surface area contributed by atoms with Gasteiger partial charge in [0.25, 0.3) is 0 Å². The molecule has 0 unspecified atom stereocenters. The number of rotatable bonds is 3. The van der Waals surface area contributed by atoms with Crippen molar-refractivity contribution >= 4 is 5.78 Å². The first-order valence-electron chi connectivity index (χ1n) is 3.47. The number of aryl methyl sites for hydroxylation is 1. The van der Waals surface area contributed by atoms with E-state index in [1.165, 1.54) is 0 Å². The van der Waals surface area contributed by atoms with Gasteiger partial charge >= 0.3 is 0 Å². The smallest absolute Gasteiger partial charge is 0.211 e. The molecule has 0 aromatic carbocycles. The van der Waals surface area contributed by atoms with Crippen LogP contribution in [0.4, 0.5) is 0 Å². The predicted molar refractivity (Wildman–Crippen MR) is 41.7 cm³/mol. The number of carbonyl (C=O) groups excluding carboxylic acids is 1. The first-order chi connectivity index (χ1) is 5.24. The van der Waals surface area contributed by atoms with Gasteiger partial charge in [0.05, 0.1) is 12.8 Å². The molecule has 0 amide bonds. The fourth-order valence-electron chi connectivity index (χ4n) is 0.825. The molecule has 1 rings (SSSR count). The van der Waals surface area contributed by atoms with Gasteiger partial charge in [0.1, 0.15) is 0 Å². The van der Waals surface area contributed by atoms with Crippen LogP contribution in [-0.4, -0.2) is 19.4 Å². The lowest BCUT2D eigenvalue weighted by Gasteiger charge is -1.92. The lowest BCUT2D eigenvalue weighted by atomic mass is 10.2. The molecule has 0 aliphatic heterocycles. The number of furan rings is 1. The molecule has 0 aliphatic rings. The summed E-state index contributed by atoms with van der Waals surface area (Å²) in [5.74, 6) is 0.414. The van der Waals surface area contributed by atoms with E-state index in [1.54, 1.807) is 19.4 Å². The molecule has 0 spiro atoms. The Morgan fingerprint density at radius 1 is 1.73 bits per heavy atom. The number of Topliss-reactive ketones (excluding diaryl/α,β-unsaturated/α-hetero) is 1. The van der Waals surface area contributed by atoms with Crippen LogP contribution in [0.2, 0.25) is 0 Å². The summed E-state index contributed by atoms with van der Waals surface area (Å²) in [6, 6.07) is 1.74. The molecule has 1 heterocycles. The van der Waals surface area contributed by atoms with Crippen LogP contribution in [0.15, 0.2) is 16.7 Å². The highest BCUT2D eigenvalue weighted by Crippen LogP contribution is 2.05. The van der Waals surface area contributed by atoms with Crippen LogP contribution >= 0.6 is 0 Å². The normalized spacial score (nSPS) is 10.0. The Balaban J connectivity index is 2.69. The molecular formula is C8H11NO2. The SMILES string of the molecule is CNCC(=O)c1cc(C)co1. The van der Waals surface area contributed by atoms with Gasteiger partial charge in [-0.05, 0) is 25.6 Å². The second-order valence-electron chi connectivity index (χ2n) is 2.44. The van der Waals surface area contributed by atoms with Crippen LogP contribution in [0.5, 0.6) is 0 Å². The molecule has 1 aromatic rings. The third-order valence-electron chi connectivity index (χ3n) is 1.34. The minimum atomic E-state index is -0.0133. The zero-order valence-electron chi connectivity index (χ0n) is 6.68. The maximum Gasteiger partial charge on any atom is 0.211 e. The lowest BCUT2D eigenvalue weighted by molar-refractivity contribution is 0.0967. The quantitative estimate of drug-likeness (QED) is 0.658. The summed E-state index contributed by atoms with van der Waals surface area (Å²) in [6.07, 6.45) is 1.57. The Kier molecular flexibility index (Phi) is 2.44. The summed E-state index contributed by atoms with van der Waals surface area (Å²) < 4.78 is 4.99. The molecule has 1 N–H and O–H groups in total. The molecule has 0 radical (unpaired) electrons. The first-order valence-corrected chi connectivity index (χ1v) is 3.47. The fraction of sp³-hybridized carbons (Fsp3) is 0.375. The van der Waals surface area contributed by atoms with Crippen LogP contribution < -0.4 is 5.32 Å². The second kappa shape index (κ2) is 3.34. The molecule has 0 fully saturated rings. The molecule has 1 aromatic heterocycles. The van der Waals surface area contributed by atoms with Crippen molar-refractivity contribution in [3.63, 3.8) is 0 Å². The minimum Gasteiger partial charge on any atom is -0.461 e. The molecule has 60 valence electrons. The topological polar surface area (TPSA) is 42.2 Å². The average Bonchev–Trinajstić information content (AvgIpc) is 2.36. The third kappa shape index (κ3) is 1.91. The van der Waals surface area contributed by atoms with Crippen LogP contribution in [0.25, 0.3) is 0 Å². The van der Waals surface area contributed by atoms with Gasteiger partial charge in [-0.15, -0.1) is 0 Å². The zero-order valence-corrected chi connectivity index (χ0v) is 6.68. The third-order valence-corrected chi connectivity index (χ3v) is 1.34. The maximum absolute atomic E-state index is 11.1. The first kappa shape index (κ1) is 8.01. The fourth-order valence-corrected chi connectivity index (χ4v) is 0.825. The van der Waals surface area contributed by atoms with Crippen molar-refractivity contribution in [3.05, 3.63) is 23.7 Å². The van der Waals surface area contributed by atoms with E-state index in [0.29, 0.717) is 12.3 Å². The van der Waals surface area contributed by atoms with E-state index in [9.17, 15) is 4.79 Å². The monoisotopic (exact) mass is 153 g/mol. The standard InChI is InChI=1S/C8H11NO2/c1-6-3-8(11-5-6)7(10)4-9-2/h3,5,9H,4H2,1-2H3. The van der Waals surface area contributed by atoms with Crippen molar-refractivity contribution in [3.8, 4) is 0 Å². The number of ketones is 1. The Bertz CT molecular complexity index is 252. The van der Waals surface area contributed by atoms with E-state index in [0.717, 1.165) is 5.56 Å². The number of carbonyl (C=O) groups is 1. The van der Waals surface area contributed by atoms with Gasteiger partial charge in [-0.2, -0.15) is 0 Å². The van der Waals surface area contributed by atoms with Crippen LogP contribution in [-0.2, 0) is 0 Å². The van der Waals surface area contributed by atoms with Crippen molar-refractivity contribution in [2.75, 3.05) is 13.6 Å². The van der Waals surface area contributed by atoms with E-state index in [4.69, 9.17) is 4.42 Å². The van der Waals surface area contributed by atoms with Crippen molar-refractivity contribution in [2.45, 2.75) is 6.92 Å². The van der Waals surface area contributed by atoms with Crippen molar-refractivity contribution in [1.82, 2.24) is 5.32 Å². The van der Waals surface area contributed by atoms with Gasteiger partial charge in [0.2, 0.25) is 5.78 Å². The molecule has 0 atom stereocenters. The van der Waals surface area contributed by atoms with Gasteiger partial charge in [-0.3, -0.25) is 4.79 Å². The zero-order chi connectivity index (χ0) is 8.27. The molecule has 11 heavy (non-hydrogen) atoms. The molecule has 0 saturated heterocycles. The summed E-state index contributed by atoms with van der Waals surface area (Å²) >= 11 is 0. The highest BCUT2D eigenvalue weighted by atomic mass is 16.3. The molecule has 0 aliphatic carbocycles. The summed E-state index contributed by atoms with van der Waals surface area (Å²) in [5.41, 5.74) is 0.976. The van der Waals surface area contributed by atoms with Gasteiger partial charge in [-0.1, -0.05) is 0 Å². The Morgan fingerprint density at radius 2 is 2.45 bits per heavy atom. The Labute approximate surface area is 65.4 Å². The second-order valence-corrected chi connectivity index (χ2v) is 2.44. The number of hydrogen-bond acceptors (Lipinski definition) is 3. The summed E-state index contributed by atoms with van der Waals surface area (Å²) in [6.45, 7) is 2.21. The highest BCUT2D eigenvalue weighted by Gasteiger charge is 2.07. The van der Waals surface area contributed by atoms with Crippen LogP contribution in [0, 0.1) is 6.92 Å². The maximum atomic E-state index is 11.1. The summed E-state index contributed by atoms with van der Waals surface area (Å²) in [5, 5.41) is 2.77. The van der Waals surface area contributed by atoms with Crippen molar-refractivity contribution < 1.29 is 9.21 Å². The molecule has 0 saturated carbocycles. The molecule has 3 heteroatoms. The summed E-state index contributed by atoms with van der Waals surface area (Å²) in [7, 11) is 1.73. The van der Waals surface area contributed by atoms with E-state index in [2.05, 4.69) is 5.32 Å². The Morgan fingerprint density at radius 3 is 2.91 bits per heavy atom. The minimum absolute atomic E-state index is 0.0133. The number of hydrogen-bond donors (Lipinski definition) is 1. The van der Waals surface area contributed by atoms with Crippen molar-refractivity contribution in [1.29, 1.82) is 0 Å². The van der Waals surface area contributed by atoms with Gasteiger partial charge in [-0.25, -0.2) is 0 Å². The van der Waals surface area contributed by atoms with Gasteiger partial charge in [0.15, 0.2) is 5.76 Å². The molecule has 0 bridgehead atoms. The Hall–Kier alpha value is -1.09. The van der Waals surface area contributed by atoms with Crippen molar-refractivity contribution in [2.24, 2.45) is 0 Å². The van der Waals surface area contributed by atoms with Crippen LogP contribution in [0.3, 0.4) is 0 Å². The lowest BCUT2D eigenvalue weighted by Crippen LogP contribution is -2.17. The van der Waals surface area contributed by atoms with E-state index in [1.807, 2.05) is 6.92 Å².